The molecule has 11 aromatic rings. The fourth-order valence-corrected chi connectivity index (χ4v) is 9.37. The third-order valence-electron chi connectivity index (χ3n) is 10.9. The summed E-state index contributed by atoms with van der Waals surface area (Å²) in [6.07, 6.45) is 0. The SMILES string of the molecule is c1cc(-c2cccc3ccccc23)cc(N(c2ccc(-c3cccc4c3oc3ccccc34)cc2)c2ccccc2-c2ccc3sc4ccccc4c3c2)c1. The maximum atomic E-state index is 6.45. The lowest BCUT2D eigenvalue weighted by Gasteiger charge is -2.28. The topological polar surface area (TPSA) is 16.4 Å². The van der Waals surface area contributed by atoms with E-state index in [1.807, 2.05) is 23.5 Å². The van der Waals surface area contributed by atoms with Crippen molar-refractivity contribution in [3.8, 4) is 33.4 Å². The van der Waals surface area contributed by atoms with Crippen LogP contribution in [0.1, 0.15) is 0 Å². The maximum absolute atomic E-state index is 6.45. The molecule has 11 rings (SSSR count). The van der Waals surface area contributed by atoms with Crippen LogP contribution in [-0.2, 0) is 0 Å². The molecule has 3 heteroatoms. The van der Waals surface area contributed by atoms with Crippen LogP contribution in [-0.4, -0.2) is 0 Å². The first-order chi connectivity index (χ1) is 27.3. The molecule has 0 radical (unpaired) electrons. The van der Waals surface area contributed by atoms with E-state index in [0.29, 0.717) is 0 Å². The second-order valence-electron chi connectivity index (χ2n) is 14.1. The summed E-state index contributed by atoms with van der Waals surface area (Å²) in [5, 5.41) is 7.35. The number of rotatable bonds is 6. The van der Waals surface area contributed by atoms with Crippen LogP contribution in [0.3, 0.4) is 0 Å². The molecular weight excluding hydrogens is 687 g/mol. The molecule has 0 atom stereocenters. The van der Waals surface area contributed by atoms with Crippen LogP contribution in [0.25, 0.3) is 86.3 Å². The quantitative estimate of drug-likeness (QED) is 0.170. The molecule has 2 heterocycles. The highest BCUT2D eigenvalue weighted by Crippen LogP contribution is 2.45. The predicted molar refractivity (Wildman–Crippen MR) is 235 cm³/mol. The van der Waals surface area contributed by atoms with E-state index in [1.165, 1.54) is 53.2 Å². The second-order valence-corrected chi connectivity index (χ2v) is 15.1. The summed E-state index contributed by atoms with van der Waals surface area (Å²) < 4.78 is 9.06. The first-order valence-electron chi connectivity index (χ1n) is 18.7. The lowest BCUT2D eigenvalue weighted by atomic mass is 9.96. The molecule has 0 unspecified atom stereocenters. The molecule has 0 aliphatic rings. The summed E-state index contributed by atoms with van der Waals surface area (Å²) in [4.78, 5) is 2.41. The number of benzene rings is 9. The first-order valence-corrected chi connectivity index (χ1v) is 19.5. The average molecular weight is 720 g/mol. The highest BCUT2D eigenvalue weighted by Gasteiger charge is 2.20. The summed E-state index contributed by atoms with van der Waals surface area (Å²) in [6.45, 7) is 0. The third-order valence-corrected chi connectivity index (χ3v) is 12.0. The summed E-state index contributed by atoms with van der Waals surface area (Å²) in [7, 11) is 0. The minimum Gasteiger partial charge on any atom is -0.455 e. The van der Waals surface area contributed by atoms with Gasteiger partial charge in [-0.25, -0.2) is 0 Å². The standard InChI is InChI=1S/C52H33NOS/c1-2-16-40-34(12-1)13-10-20-41(40)36-14-9-15-39(32-36)53(38-29-26-35(27-30-38)43-21-11-22-46-44-18-4-7-24-49(44)54-52(43)46)48-23-6-3-17-42(48)37-28-31-51-47(33-37)45-19-5-8-25-50(45)55-51/h1-33H. The lowest BCUT2D eigenvalue weighted by Crippen LogP contribution is -2.11. The largest absolute Gasteiger partial charge is 0.455 e. The normalized spacial score (nSPS) is 11.6. The zero-order valence-electron chi connectivity index (χ0n) is 29.8. The summed E-state index contributed by atoms with van der Waals surface area (Å²) in [5.74, 6) is 0. The van der Waals surface area contributed by atoms with Crippen LogP contribution in [0, 0.1) is 0 Å². The van der Waals surface area contributed by atoms with Crippen LogP contribution in [0.4, 0.5) is 17.1 Å². The lowest BCUT2D eigenvalue weighted by molar-refractivity contribution is 0.670. The molecule has 0 saturated carbocycles. The Morgan fingerprint density at radius 2 is 1.00 bits per heavy atom. The number of anilines is 3. The van der Waals surface area contributed by atoms with Crippen molar-refractivity contribution in [2.75, 3.05) is 4.90 Å². The molecule has 2 aromatic heterocycles. The Hall–Kier alpha value is -6.94. The third kappa shape index (κ3) is 5.32. The zero-order valence-corrected chi connectivity index (χ0v) is 30.6. The summed E-state index contributed by atoms with van der Waals surface area (Å²) in [6, 6.07) is 72.3. The number of nitrogens with zero attached hydrogens (tertiary/aromatic N) is 1. The Kier molecular flexibility index (Phi) is 7.39. The minimum absolute atomic E-state index is 0.907. The smallest absolute Gasteiger partial charge is 0.143 e. The Labute approximate surface area is 322 Å². The van der Waals surface area contributed by atoms with E-state index < -0.39 is 0 Å². The van der Waals surface area contributed by atoms with E-state index in [-0.39, 0.29) is 0 Å². The molecule has 9 aromatic carbocycles. The Balaban J connectivity index is 1.09. The molecular formula is C52H33NOS. The number of hydrogen-bond acceptors (Lipinski definition) is 3. The number of furan rings is 1. The van der Waals surface area contributed by atoms with Crippen molar-refractivity contribution in [1.82, 2.24) is 0 Å². The van der Waals surface area contributed by atoms with E-state index in [1.54, 1.807) is 0 Å². The van der Waals surface area contributed by atoms with Crippen molar-refractivity contribution in [2.24, 2.45) is 0 Å². The van der Waals surface area contributed by atoms with Gasteiger partial charge in [-0.1, -0.05) is 146 Å². The minimum atomic E-state index is 0.907. The van der Waals surface area contributed by atoms with Gasteiger partial charge < -0.3 is 9.32 Å². The van der Waals surface area contributed by atoms with Crippen molar-refractivity contribution in [2.45, 2.75) is 0 Å². The van der Waals surface area contributed by atoms with E-state index in [2.05, 4.69) is 193 Å². The van der Waals surface area contributed by atoms with Gasteiger partial charge >= 0.3 is 0 Å². The molecule has 0 spiro atoms. The molecule has 0 saturated heterocycles. The van der Waals surface area contributed by atoms with Crippen LogP contribution >= 0.6 is 11.3 Å². The molecule has 0 bridgehead atoms. The maximum Gasteiger partial charge on any atom is 0.143 e. The second kappa shape index (κ2) is 12.9. The molecule has 0 aliphatic heterocycles. The monoisotopic (exact) mass is 719 g/mol. The van der Waals surface area contributed by atoms with Gasteiger partial charge in [0.2, 0.25) is 0 Å². The van der Waals surface area contributed by atoms with Crippen LogP contribution in [0.2, 0.25) is 0 Å². The van der Waals surface area contributed by atoms with E-state index in [4.69, 9.17) is 4.42 Å². The van der Waals surface area contributed by atoms with Crippen LogP contribution in [0.5, 0.6) is 0 Å². The van der Waals surface area contributed by atoms with Gasteiger partial charge in [0.25, 0.3) is 0 Å². The molecule has 0 N–H and O–H groups in total. The van der Waals surface area contributed by atoms with Gasteiger partial charge in [0.1, 0.15) is 11.2 Å². The van der Waals surface area contributed by atoms with Crippen LogP contribution < -0.4 is 4.90 Å². The molecule has 0 amide bonds. The summed E-state index contributed by atoms with van der Waals surface area (Å²) >= 11 is 1.85. The number of hydrogen-bond donors (Lipinski definition) is 0. The van der Waals surface area contributed by atoms with Crippen molar-refractivity contribution >= 4 is 81.3 Å². The Morgan fingerprint density at radius 3 is 1.93 bits per heavy atom. The summed E-state index contributed by atoms with van der Waals surface area (Å²) in [5.41, 5.74) is 12.1. The van der Waals surface area contributed by atoms with Crippen molar-refractivity contribution < 1.29 is 4.42 Å². The van der Waals surface area contributed by atoms with Gasteiger partial charge in [-0.05, 0) is 87.6 Å². The van der Waals surface area contributed by atoms with Gasteiger partial charge in [-0.2, -0.15) is 0 Å². The Bertz CT molecular complexity index is 3220. The average Bonchev–Trinajstić information content (AvgIpc) is 3.82. The van der Waals surface area contributed by atoms with Crippen molar-refractivity contribution in [3.63, 3.8) is 0 Å². The zero-order chi connectivity index (χ0) is 36.3. The highest BCUT2D eigenvalue weighted by atomic mass is 32.1. The number of fused-ring (bicyclic) bond motifs is 7. The fourth-order valence-electron chi connectivity index (χ4n) is 8.29. The highest BCUT2D eigenvalue weighted by molar-refractivity contribution is 7.25. The van der Waals surface area contributed by atoms with Gasteiger partial charge in [-0.3, -0.25) is 0 Å². The van der Waals surface area contributed by atoms with Crippen molar-refractivity contribution in [3.05, 3.63) is 200 Å². The molecule has 2 nitrogen and oxygen atoms in total. The first kappa shape index (κ1) is 31.6. The molecule has 258 valence electrons. The van der Waals surface area contributed by atoms with Gasteiger partial charge in [0.05, 0.1) is 5.69 Å². The van der Waals surface area contributed by atoms with Gasteiger partial charge in [-0.15, -0.1) is 11.3 Å². The van der Waals surface area contributed by atoms with Crippen LogP contribution in [0.15, 0.2) is 205 Å². The molecule has 0 fully saturated rings. The number of thiophene rings is 1. The number of para-hydroxylation sites is 3. The van der Waals surface area contributed by atoms with Crippen molar-refractivity contribution in [1.29, 1.82) is 0 Å². The van der Waals surface area contributed by atoms with E-state index >= 15 is 0 Å². The fraction of sp³-hybridized carbons (Fsp3) is 0. The van der Waals surface area contributed by atoms with E-state index in [0.717, 1.165) is 50.1 Å². The predicted octanol–water partition coefficient (Wildman–Crippen LogP) is 15.6. The Morgan fingerprint density at radius 1 is 0.364 bits per heavy atom. The molecule has 0 aliphatic carbocycles. The van der Waals surface area contributed by atoms with Gasteiger partial charge in [0, 0.05) is 53.4 Å². The van der Waals surface area contributed by atoms with Gasteiger partial charge in [0.15, 0.2) is 0 Å². The molecule has 55 heavy (non-hydrogen) atoms. The van der Waals surface area contributed by atoms with E-state index in [9.17, 15) is 0 Å².